The lowest BCUT2D eigenvalue weighted by Gasteiger charge is -2.22. The molecule has 0 atom stereocenters. The Balaban J connectivity index is 1.11. The van der Waals surface area contributed by atoms with Crippen molar-refractivity contribution < 1.29 is 0 Å². The number of nitrogens with zero attached hydrogens (tertiary/aromatic N) is 2. The predicted octanol–water partition coefficient (Wildman–Crippen LogP) is 14.1. The van der Waals surface area contributed by atoms with Crippen LogP contribution >= 0.6 is 0 Å². The number of rotatable bonds is 4. The van der Waals surface area contributed by atoms with Crippen LogP contribution < -0.4 is 0 Å². The smallest absolute Gasteiger partial charge is 0.160 e. The summed E-state index contributed by atoms with van der Waals surface area (Å²) in [4.78, 5) is 10.6. The van der Waals surface area contributed by atoms with Crippen LogP contribution in [0.1, 0.15) is 49.9 Å². The van der Waals surface area contributed by atoms with Gasteiger partial charge in [0.1, 0.15) is 0 Å². The van der Waals surface area contributed by atoms with Gasteiger partial charge in [-0.15, -0.1) is 0 Å². The summed E-state index contributed by atoms with van der Waals surface area (Å²) in [7, 11) is 0. The Morgan fingerprint density at radius 2 is 0.911 bits per heavy atom. The van der Waals surface area contributed by atoms with E-state index in [1.54, 1.807) is 0 Å². The monoisotopic (exact) mass is 716 g/mol. The highest BCUT2D eigenvalue weighted by molar-refractivity contribution is 6.07. The van der Waals surface area contributed by atoms with E-state index in [2.05, 4.69) is 191 Å². The molecule has 0 saturated carbocycles. The zero-order valence-electron chi connectivity index (χ0n) is 32.1. The number of fused-ring (bicyclic) bond motifs is 9. The Hall–Kier alpha value is -6.64. The molecule has 2 heteroatoms. The van der Waals surface area contributed by atoms with Gasteiger partial charge in [-0.3, -0.25) is 0 Å². The Morgan fingerprint density at radius 1 is 0.339 bits per heavy atom. The molecule has 1 heterocycles. The molecule has 0 saturated heterocycles. The normalized spacial score (nSPS) is 14.4. The molecule has 0 bridgehead atoms. The zero-order chi connectivity index (χ0) is 37.8. The molecule has 1 aromatic heterocycles. The van der Waals surface area contributed by atoms with Crippen molar-refractivity contribution in [2.45, 2.75) is 38.5 Å². The molecule has 0 N–H and O–H groups in total. The van der Waals surface area contributed by atoms with E-state index in [0.717, 1.165) is 33.9 Å². The van der Waals surface area contributed by atoms with Crippen molar-refractivity contribution in [2.24, 2.45) is 0 Å². The maximum Gasteiger partial charge on any atom is 0.160 e. The number of aromatic nitrogens is 2. The van der Waals surface area contributed by atoms with Crippen LogP contribution in [-0.4, -0.2) is 9.97 Å². The van der Waals surface area contributed by atoms with Gasteiger partial charge in [-0.2, -0.15) is 0 Å². The second-order valence-corrected chi connectivity index (χ2v) is 16.5. The first-order valence-corrected chi connectivity index (χ1v) is 19.7. The summed E-state index contributed by atoms with van der Waals surface area (Å²) in [6.07, 6.45) is 0. The van der Waals surface area contributed by atoms with Gasteiger partial charge in [0.2, 0.25) is 0 Å². The lowest BCUT2D eigenvalue weighted by atomic mass is 9.81. The fraction of sp³-hybridized carbons (Fsp3) is 0.111. The van der Waals surface area contributed by atoms with Crippen molar-refractivity contribution in [3.8, 4) is 67.3 Å². The molecule has 0 spiro atoms. The minimum Gasteiger partial charge on any atom is -0.228 e. The van der Waals surface area contributed by atoms with Gasteiger partial charge in [0, 0.05) is 27.5 Å². The molecule has 0 radical (unpaired) electrons. The number of hydrogen-bond donors (Lipinski definition) is 0. The van der Waals surface area contributed by atoms with Gasteiger partial charge < -0.3 is 0 Å². The van der Waals surface area contributed by atoms with Crippen molar-refractivity contribution in [1.82, 2.24) is 9.97 Å². The van der Waals surface area contributed by atoms with E-state index < -0.39 is 0 Å². The minimum atomic E-state index is -0.103. The van der Waals surface area contributed by atoms with Crippen LogP contribution in [0.4, 0.5) is 0 Å². The molecule has 266 valence electrons. The Labute approximate surface area is 328 Å². The molecule has 9 aromatic rings. The van der Waals surface area contributed by atoms with Crippen LogP contribution in [0.15, 0.2) is 170 Å². The molecule has 0 fully saturated rings. The third-order valence-electron chi connectivity index (χ3n) is 12.7. The summed E-state index contributed by atoms with van der Waals surface area (Å²) >= 11 is 0. The largest absolute Gasteiger partial charge is 0.228 e. The van der Waals surface area contributed by atoms with E-state index in [4.69, 9.17) is 9.97 Å². The van der Waals surface area contributed by atoms with E-state index in [1.807, 2.05) is 6.07 Å². The van der Waals surface area contributed by atoms with Crippen LogP contribution in [0.25, 0.3) is 88.8 Å². The summed E-state index contributed by atoms with van der Waals surface area (Å²) in [5.74, 6) is 0.724. The van der Waals surface area contributed by atoms with Crippen LogP contribution in [0.2, 0.25) is 0 Å². The Morgan fingerprint density at radius 3 is 1.71 bits per heavy atom. The van der Waals surface area contributed by atoms with Crippen LogP contribution in [0, 0.1) is 0 Å². The van der Waals surface area contributed by atoms with Gasteiger partial charge in [0.05, 0.1) is 11.4 Å². The quantitative estimate of drug-likeness (QED) is 0.181. The maximum atomic E-state index is 5.32. The highest BCUT2D eigenvalue weighted by Gasteiger charge is 2.38. The standard InChI is InChI=1S/C54H40N2/c1-53(2)44-23-13-12-21-41(44)51-42(22-14-24-46(51)53)49-32-48(55-52(56-49)34-16-6-5-7-17-34)40-28-27-36(38-19-10-11-20-39(38)40)35-26-29-45-43(31-35)50-37-18-9-8-15-33(37)25-30-47(50)54(45,3)4/h5-32H,1-4H3. The van der Waals surface area contributed by atoms with E-state index >= 15 is 0 Å². The minimum absolute atomic E-state index is 0.0724. The molecule has 2 nitrogen and oxygen atoms in total. The fourth-order valence-electron chi connectivity index (χ4n) is 9.87. The molecule has 8 aromatic carbocycles. The summed E-state index contributed by atoms with van der Waals surface area (Å²) in [6.45, 7) is 9.39. The van der Waals surface area contributed by atoms with E-state index in [1.165, 1.54) is 77.2 Å². The molecular weight excluding hydrogens is 677 g/mol. The van der Waals surface area contributed by atoms with Crippen molar-refractivity contribution in [3.63, 3.8) is 0 Å². The molecule has 0 amide bonds. The topological polar surface area (TPSA) is 25.8 Å². The Bertz CT molecular complexity index is 3080. The van der Waals surface area contributed by atoms with Gasteiger partial charge in [0.15, 0.2) is 5.82 Å². The lowest BCUT2D eigenvalue weighted by Crippen LogP contribution is -2.14. The van der Waals surface area contributed by atoms with Crippen molar-refractivity contribution in [1.29, 1.82) is 0 Å². The summed E-state index contributed by atoms with van der Waals surface area (Å²) in [5.41, 5.74) is 18.1. The Kier molecular flexibility index (Phi) is 6.98. The second-order valence-electron chi connectivity index (χ2n) is 16.5. The van der Waals surface area contributed by atoms with Crippen LogP contribution in [-0.2, 0) is 10.8 Å². The zero-order valence-corrected chi connectivity index (χ0v) is 32.1. The number of benzene rings is 8. The summed E-state index contributed by atoms with van der Waals surface area (Å²) in [6, 6.07) is 62.0. The maximum absolute atomic E-state index is 5.32. The predicted molar refractivity (Wildman–Crippen MR) is 234 cm³/mol. The van der Waals surface area contributed by atoms with Gasteiger partial charge in [-0.25, -0.2) is 9.97 Å². The molecule has 0 unspecified atom stereocenters. The average Bonchev–Trinajstić information content (AvgIpc) is 3.62. The first-order chi connectivity index (χ1) is 27.3. The third-order valence-corrected chi connectivity index (χ3v) is 12.7. The molecule has 11 rings (SSSR count). The van der Waals surface area contributed by atoms with Crippen molar-refractivity contribution in [3.05, 3.63) is 192 Å². The molecule has 0 aliphatic heterocycles. The van der Waals surface area contributed by atoms with Crippen LogP contribution in [0.5, 0.6) is 0 Å². The van der Waals surface area contributed by atoms with Gasteiger partial charge in [0.25, 0.3) is 0 Å². The summed E-state index contributed by atoms with van der Waals surface area (Å²) in [5, 5.41) is 4.98. The second kappa shape index (κ2) is 11.9. The molecule has 2 aliphatic carbocycles. The van der Waals surface area contributed by atoms with E-state index in [-0.39, 0.29) is 10.8 Å². The average molecular weight is 717 g/mol. The van der Waals surface area contributed by atoms with E-state index in [0.29, 0.717) is 0 Å². The third kappa shape index (κ3) is 4.69. The molecule has 2 aliphatic rings. The lowest BCUT2D eigenvalue weighted by molar-refractivity contribution is 0.660. The molecular formula is C54H40N2. The highest BCUT2D eigenvalue weighted by Crippen LogP contribution is 2.54. The molecule has 56 heavy (non-hydrogen) atoms. The number of hydrogen-bond acceptors (Lipinski definition) is 2. The van der Waals surface area contributed by atoms with Gasteiger partial charge >= 0.3 is 0 Å². The highest BCUT2D eigenvalue weighted by atomic mass is 14.9. The first-order valence-electron chi connectivity index (χ1n) is 19.7. The van der Waals surface area contributed by atoms with Crippen molar-refractivity contribution in [2.75, 3.05) is 0 Å². The fourth-order valence-corrected chi connectivity index (χ4v) is 9.87. The van der Waals surface area contributed by atoms with Gasteiger partial charge in [-0.05, 0) is 89.3 Å². The van der Waals surface area contributed by atoms with Crippen LogP contribution in [0.3, 0.4) is 0 Å². The van der Waals surface area contributed by atoms with E-state index in [9.17, 15) is 0 Å². The summed E-state index contributed by atoms with van der Waals surface area (Å²) < 4.78 is 0. The SMILES string of the molecule is CC1(C)c2ccccc2-c2c(-c3cc(-c4ccc(-c5ccc6c(c5)-c5c(ccc7ccccc57)C6(C)C)c5ccccc45)nc(-c4ccccc4)n3)cccc21. The van der Waals surface area contributed by atoms with Gasteiger partial charge in [-0.1, -0.05) is 185 Å². The van der Waals surface area contributed by atoms with Crippen molar-refractivity contribution >= 4 is 21.5 Å². The first kappa shape index (κ1) is 32.8.